The van der Waals surface area contributed by atoms with Crippen LogP contribution in [0.15, 0.2) is 60.7 Å². The number of nitrogens with zero attached hydrogens (tertiary/aromatic N) is 4. The van der Waals surface area contributed by atoms with Crippen LogP contribution in [0, 0.1) is 10.7 Å². The third-order valence-electron chi connectivity index (χ3n) is 5.13. The van der Waals surface area contributed by atoms with Crippen molar-refractivity contribution in [3.05, 3.63) is 65.4 Å². The van der Waals surface area contributed by atoms with Gasteiger partial charge in [-0.25, -0.2) is 4.68 Å². The number of hydrogen-bond donors (Lipinski definition) is 1. The number of rotatable bonds is 5. The molecule has 3 aromatic rings. The molecule has 2 N–H and O–H groups in total. The maximum Gasteiger partial charge on any atom is 0.221 e. The van der Waals surface area contributed by atoms with Crippen LogP contribution >= 0.6 is 12.2 Å². The highest BCUT2D eigenvalue weighted by atomic mass is 32.1. The summed E-state index contributed by atoms with van der Waals surface area (Å²) in [5.74, 6) is 0.473. The molecule has 0 unspecified atom stereocenters. The molecule has 0 aliphatic carbocycles. The second-order valence-electron chi connectivity index (χ2n) is 7.10. The van der Waals surface area contributed by atoms with Gasteiger partial charge in [0.15, 0.2) is 5.82 Å². The molecule has 1 aliphatic heterocycles. The fourth-order valence-corrected chi connectivity index (χ4v) is 3.98. The summed E-state index contributed by atoms with van der Waals surface area (Å²) < 4.78 is 4.47. The van der Waals surface area contributed by atoms with E-state index in [0.29, 0.717) is 18.0 Å². The fraction of sp³-hybridized carbons (Fsp3) is 0.286. The number of likely N-dealkylation sites (tertiary alicyclic amines) is 1. The highest BCUT2D eigenvalue weighted by molar-refractivity contribution is 7.71. The fourth-order valence-electron chi connectivity index (χ4n) is 3.69. The van der Waals surface area contributed by atoms with Crippen LogP contribution in [0.3, 0.4) is 0 Å². The molecule has 2 heterocycles. The Hall–Kier alpha value is -2.77. The van der Waals surface area contributed by atoms with Gasteiger partial charge >= 0.3 is 0 Å². The first-order valence-electron chi connectivity index (χ1n) is 9.46. The number of para-hydroxylation sites is 1. The minimum Gasteiger partial charge on any atom is -0.369 e. The lowest BCUT2D eigenvalue weighted by atomic mass is 9.98. The van der Waals surface area contributed by atoms with E-state index in [9.17, 15) is 4.79 Å². The first-order valence-corrected chi connectivity index (χ1v) is 9.86. The summed E-state index contributed by atoms with van der Waals surface area (Å²) in [5, 5.41) is 4.84. The van der Waals surface area contributed by atoms with Gasteiger partial charge in [-0.05, 0) is 43.7 Å². The molecule has 6 nitrogen and oxygen atoms in total. The van der Waals surface area contributed by atoms with E-state index in [1.54, 1.807) is 0 Å². The van der Waals surface area contributed by atoms with E-state index in [-0.39, 0.29) is 11.8 Å². The van der Waals surface area contributed by atoms with Crippen LogP contribution in [0.1, 0.15) is 12.8 Å². The average Bonchev–Trinajstić information content (AvgIpc) is 3.05. The van der Waals surface area contributed by atoms with Crippen LogP contribution in [0.5, 0.6) is 0 Å². The molecule has 144 valence electrons. The summed E-state index contributed by atoms with van der Waals surface area (Å²) in [5.41, 5.74) is 7.50. The number of hydrogen-bond acceptors (Lipinski definition) is 4. The quantitative estimate of drug-likeness (QED) is 0.676. The van der Waals surface area contributed by atoms with Crippen molar-refractivity contribution in [2.24, 2.45) is 11.7 Å². The predicted octanol–water partition coefficient (Wildman–Crippen LogP) is 3.23. The van der Waals surface area contributed by atoms with Gasteiger partial charge in [0.2, 0.25) is 10.7 Å². The molecular weight excluding hydrogens is 370 g/mol. The Morgan fingerprint density at radius 1 is 1.11 bits per heavy atom. The van der Waals surface area contributed by atoms with E-state index in [1.165, 1.54) is 0 Å². The van der Waals surface area contributed by atoms with Crippen LogP contribution in [-0.4, -0.2) is 38.2 Å². The number of primary amides is 1. The van der Waals surface area contributed by atoms with Crippen molar-refractivity contribution < 1.29 is 4.79 Å². The smallest absolute Gasteiger partial charge is 0.221 e. The van der Waals surface area contributed by atoms with Gasteiger partial charge in [0.1, 0.15) is 0 Å². The van der Waals surface area contributed by atoms with Crippen molar-refractivity contribution in [1.82, 2.24) is 19.2 Å². The molecule has 1 aromatic heterocycles. The van der Waals surface area contributed by atoms with E-state index in [2.05, 4.69) is 4.90 Å². The summed E-state index contributed by atoms with van der Waals surface area (Å²) in [6.45, 7) is 2.10. The average molecular weight is 394 g/mol. The number of nitrogens with two attached hydrogens (primary N) is 1. The number of aromatic nitrogens is 3. The van der Waals surface area contributed by atoms with E-state index in [0.717, 1.165) is 36.5 Å². The van der Waals surface area contributed by atoms with Gasteiger partial charge in [0.05, 0.1) is 12.6 Å². The van der Waals surface area contributed by atoms with Gasteiger partial charge in [-0.15, -0.1) is 5.10 Å². The molecule has 1 amide bonds. The Bertz CT molecular complexity index is 1010. The number of carbonyl (C=O) groups excluding carboxylic acids is 1. The van der Waals surface area contributed by atoms with Crippen LogP contribution in [0.25, 0.3) is 17.1 Å². The highest BCUT2D eigenvalue weighted by Crippen LogP contribution is 2.23. The van der Waals surface area contributed by atoms with E-state index >= 15 is 0 Å². The lowest BCUT2D eigenvalue weighted by molar-refractivity contribution is -0.123. The molecule has 0 saturated carbocycles. The summed E-state index contributed by atoms with van der Waals surface area (Å²) >= 11 is 5.79. The third kappa shape index (κ3) is 3.76. The molecule has 28 heavy (non-hydrogen) atoms. The molecule has 7 heteroatoms. The number of carbonyl (C=O) groups is 1. The van der Waals surface area contributed by atoms with Crippen molar-refractivity contribution in [1.29, 1.82) is 0 Å². The molecule has 1 atom stereocenters. The molecule has 1 aliphatic rings. The second kappa shape index (κ2) is 8.08. The summed E-state index contributed by atoms with van der Waals surface area (Å²) in [6, 6.07) is 20.1. The molecule has 0 bridgehead atoms. The van der Waals surface area contributed by atoms with Crippen LogP contribution in [-0.2, 0) is 11.5 Å². The molecule has 4 rings (SSSR count). The lowest BCUT2D eigenvalue weighted by Crippen LogP contribution is -2.42. The Balaban J connectivity index is 1.72. The molecule has 0 radical (unpaired) electrons. The topological polar surface area (TPSA) is 69.1 Å². The van der Waals surface area contributed by atoms with Crippen molar-refractivity contribution in [3.63, 3.8) is 0 Å². The van der Waals surface area contributed by atoms with Crippen LogP contribution < -0.4 is 5.73 Å². The Morgan fingerprint density at radius 2 is 1.79 bits per heavy atom. The molecule has 1 saturated heterocycles. The van der Waals surface area contributed by atoms with Crippen molar-refractivity contribution in [3.8, 4) is 17.1 Å². The highest BCUT2D eigenvalue weighted by Gasteiger charge is 2.25. The predicted molar refractivity (Wildman–Crippen MR) is 111 cm³/mol. The summed E-state index contributed by atoms with van der Waals surface area (Å²) in [6.07, 6.45) is 1.80. The SMILES string of the molecule is NC(=O)[C@@H]1CCCN(Cn2nc(-c3ccccc3)n(-c3ccccc3)c2=S)C1. The normalized spacial score (nSPS) is 17.5. The Labute approximate surface area is 169 Å². The Kier molecular flexibility index (Phi) is 5.36. The number of piperidine rings is 1. The van der Waals surface area contributed by atoms with Gasteiger partial charge in [0.25, 0.3) is 0 Å². The molecular formula is C21H23N5OS. The maximum atomic E-state index is 11.6. The minimum atomic E-state index is -0.229. The second-order valence-corrected chi connectivity index (χ2v) is 7.47. The van der Waals surface area contributed by atoms with E-state index < -0.39 is 0 Å². The first-order chi connectivity index (χ1) is 13.6. The van der Waals surface area contributed by atoms with Crippen molar-refractivity contribution in [2.45, 2.75) is 19.5 Å². The van der Waals surface area contributed by atoms with Gasteiger partial charge in [-0.3, -0.25) is 14.3 Å². The first kappa shape index (κ1) is 18.6. The van der Waals surface area contributed by atoms with Gasteiger partial charge in [0, 0.05) is 17.8 Å². The monoisotopic (exact) mass is 393 g/mol. The molecule has 1 fully saturated rings. The number of amides is 1. The van der Waals surface area contributed by atoms with Crippen molar-refractivity contribution >= 4 is 18.1 Å². The van der Waals surface area contributed by atoms with Gasteiger partial charge in [-0.2, -0.15) is 0 Å². The van der Waals surface area contributed by atoms with Crippen molar-refractivity contribution in [2.75, 3.05) is 13.1 Å². The van der Waals surface area contributed by atoms with Crippen LogP contribution in [0.2, 0.25) is 0 Å². The third-order valence-corrected chi connectivity index (χ3v) is 5.52. The van der Waals surface area contributed by atoms with E-state index in [1.807, 2.05) is 69.9 Å². The zero-order valence-electron chi connectivity index (χ0n) is 15.6. The zero-order chi connectivity index (χ0) is 19.5. The number of benzene rings is 2. The van der Waals surface area contributed by atoms with Gasteiger partial charge in [-0.1, -0.05) is 48.5 Å². The summed E-state index contributed by atoms with van der Waals surface area (Å²) in [7, 11) is 0. The van der Waals surface area contributed by atoms with Crippen LogP contribution in [0.4, 0.5) is 0 Å². The van der Waals surface area contributed by atoms with Gasteiger partial charge < -0.3 is 5.73 Å². The Morgan fingerprint density at radius 3 is 2.46 bits per heavy atom. The lowest BCUT2D eigenvalue weighted by Gasteiger charge is -2.30. The largest absolute Gasteiger partial charge is 0.369 e. The molecule has 0 spiro atoms. The molecule has 2 aromatic carbocycles. The standard InChI is InChI=1S/C21H23N5OS/c22-19(27)17-10-7-13-24(14-17)15-25-21(28)26(18-11-5-2-6-12-18)20(23-25)16-8-3-1-4-9-16/h1-6,8-9,11-12,17H,7,10,13-15H2,(H2,22,27)/t17-/m1/s1. The summed E-state index contributed by atoms with van der Waals surface area (Å²) in [4.78, 5) is 13.8. The van der Waals surface area contributed by atoms with E-state index in [4.69, 9.17) is 23.1 Å². The zero-order valence-corrected chi connectivity index (χ0v) is 16.4. The maximum absolute atomic E-state index is 11.6. The minimum absolute atomic E-state index is 0.104.